The lowest BCUT2D eigenvalue weighted by Crippen LogP contribution is -1.98. The molecule has 0 amide bonds. The summed E-state index contributed by atoms with van der Waals surface area (Å²) in [6, 6.07) is 4.16. The van der Waals surface area contributed by atoms with E-state index in [1.807, 2.05) is 20.8 Å². The molecular formula is C12H16O2S. The summed E-state index contributed by atoms with van der Waals surface area (Å²) in [5.74, 6) is 0. The summed E-state index contributed by atoms with van der Waals surface area (Å²) in [5.41, 5.74) is 3.48. The first-order valence-electron chi connectivity index (χ1n) is 4.97. The molecule has 1 aromatic carbocycles. The maximum atomic E-state index is 11.3. The molecule has 0 N–H and O–H groups in total. The van der Waals surface area contributed by atoms with E-state index in [2.05, 4.69) is 19.1 Å². The number of hydrogen-bond acceptors (Lipinski definition) is 3. The molecule has 0 saturated carbocycles. The van der Waals surface area contributed by atoms with Gasteiger partial charge in [0.15, 0.2) is 0 Å². The molecule has 82 valence electrons. The van der Waals surface area contributed by atoms with Crippen LogP contribution in [0.5, 0.6) is 0 Å². The normalized spacial score (nSPS) is 10.1. The Balaban J connectivity index is 2.90. The summed E-state index contributed by atoms with van der Waals surface area (Å²) < 4.78 is 4.91. The van der Waals surface area contributed by atoms with Gasteiger partial charge in [-0.3, -0.25) is 0 Å². The van der Waals surface area contributed by atoms with Gasteiger partial charge >= 0.3 is 5.30 Å². The standard InChI is InChI=1S/C12H16O2S/c1-5-14-12(13)15-11-9(3)6-8(2)7-10(11)4/h6-7H,5H2,1-4H3. The molecule has 1 aromatic rings. The van der Waals surface area contributed by atoms with Crippen molar-refractivity contribution in [2.75, 3.05) is 6.61 Å². The predicted molar refractivity (Wildman–Crippen MR) is 63.5 cm³/mol. The van der Waals surface area contributed by atoms with Gasteiger partial charge in [-0.2, -0.15) is 0 Å². The van der Waals surface area contributed by atoms with E-state index >= 15 is 0 Å². The second-order valence-corrected chi connectivity index (χ2v) is 4.46. The van der Waals surface area contributed by atoms with Gasteiger partial charge < -0.3 is 4.74 Å². The molecule has 0 bridgehead atoms. The topological polar surface area (TPSA) is 26.3 Å². The van der Waals surface area contributed by atoms with Crippen molar-refractivity contribution in [3.05, 3.63) is 28.8 Å². The molecule has 0 unspecified atom stereocenters. The number of carbonyl (C=O) groups is 1. The molecule has 1 rings (SSSR count). The zero-order valence-electron chi connectivity index (χ0n) is 9.59. The van der Waals surface area contributed by atoms with Crippen molar-refractivity contribution < 1.29 is 9.53 Å². The minimum absolute atomic E-state index is 0.229. The first kappa shape index (κ1) is 12.1. The van der Waals surface area contributed by atoms with Gasteiger partial charge in [0.25, 0.3) is 0 Å². The molecule has 0 heterocycles. The van der Waals surface area contributed by atoms with E-state index in [4.69, 9.17) is 4.74 Å². The summed E-state index contributed by atoms with van der Waals surface area (Å²) >= 11 is 1.17. The van der Waals surface area contributed by atoms with Gasteiger partial charge in [0.2, 0.25) is 0 Å². The van der Waals surface area contributed by atoms with Crippen molar-refractivity contribution in [1.29, 1.82) is 0 Å². The van der Waals surface area contributed by atoms with Crippen molar-refractivity contribution in [3.63, 3.8) is 0 Å². The molecule has 2 nitrogen and oxygen atoms in total. The lowest BCUT2D eigenvalue weighted by Gasteiger charge is -2.09. The largest absolute Gasteiger partial charge is 0.458 e. The number of hydrogen-bond donors (Lipinski definition) is 0. The fourth-order valence-corrected chi connectivity index (χ4v) is 2.34. The molecule has 0 atom stereocenters. The van der Waals surface area contributed by atoms with Gasteiger partial charge in [0.1, 0.15) is 0 Å². The fourth-order valence-electron chi connectivity index (χ4n) is 1.56. The number of benzene rings is 1. The zero-order valence-corrected chi connectivity index (χ0v) is 10.4. The second-order valence-electron chi connectivity index (χ2n) is 3.51. The van der Waals surface area contributed by atoms with E-state index < -0.39 is 0 Å². The van der Waals surface area contributed by atoms with Gasteiger partial charge in [0, 0.05) is 4.90 Å². The maximum absolute atomic E-state index is 11.3. The van der Waals surface area contributed by atoms with Gasteiger partial charge in [-0.15, -0.1) is 0 Å². The average Bonchev–Trinajstić information content (AvgIpc) is 2.11. The van der Waals surface area contributed by atoms with Crippen molar-refractivity contribution in [3.8, 4) is 0 Å². The number of rotatable bonds is 2. The molecule has 3 heteroatoms. The summed E-state index contributed by atoms with van der Waals surface area (Å²) in [5, 5.41) is -0.229. The monoisotopic (exact) mass is 224 g/mol. The highest BCUT2D eigenvalue weighted by molar-refractivity contribution is 8.13. The maximum Gasteiger partial charge on any atom is 0.372 e. The van der Waals surface area contributed by atoms with Crippen LogP contribution in [0.2, 0.25) is 0 Å². The van der Waals surface area contributed by atoms with E-state index in [1.165, 1.54) is 17.3 Å². The Morgan fingerprint density at radius 1 is 1.27 bits per heavy atom. The van der Waals surface area contributed by atoms with Crippen LogP contribution in [0, 0.1) is 20.8 Å². The Kier molecular flexibility index (Phi) is 4.21. The van der Waals surface area contributed by atoms with E-state index in [-0.39, 0.29) is 5.30 Å². The van der Waals surface area contributed by atoms with Crippen LogP contribution >= 0.6 is 11.8 Å². The highest BCUT2D eigenvalue weighted by Crippen LogP contribution is 2.28. The molecule has 0 saturated heterocycles. The minimum Gasteiger partial charge on any atom is -0.458 e. The summed E-state index contributed by atoms with van der Waals surface area (Å²) in [4.78, 5) is 12.4. The summed E-state index contributed by atoms with van der Waals surface area (Å²) in [6.45, 7) is 8.32. The first-order chi connectivity index (χ1) is 7.04. The quantitative estimate of drug-likeness (QED) is 0.563. The molecule has 0 spiro atoms. The number of thioether (sulfide) groups is 1. The Bertz CT molecular complexity index is 349. The molecule has 0 aliphatic heterocycles. The third-order valence-corrected chi connectivity index (χ3v) is 3.18. The zero-order chi connectivity index (χ0) is 11.4. The van der Waals surface area contributed by atoms with Gasteiger partial charge in [-0.05, 0) is 50.6 Å². The highest BCUT2D eigenvalue weighted by atomic mass is 32.2. The molecule has 0 radical (unpaired) electrons. The molecule has 0 aliphatic rings. The Morgan fingerprint density at radius 3 is 2.27 bits per heavy atom. The molecule has 15 heavy (non-hydrogen) atoms. The Hall–Kier alpha value is -0.960. The van der Waals surface area contributed by atoms with Crippen molar-refractivity contribution in [2.24, 2.45) is 0 Å². The molecular weight excluding hydrogens is 208 g/mol. The van der Waals surface area contributed by atoms with Crippen molar-refractivity contribution in [2.45, 2.75) is 32.6 Å². The summed E-state index contributed by atoms with van der Waals surface area (Å²) in [7, 11) is 0. The van der Waals surface area contributed by atoms with E-state index in [0.29, 0.717) is 6.61 Å². The highest BCUT2D eigenvalue weighted by Gasteiger charge is 2.10. The Morgan fingerprint density at radius 2 is 1.80 bits per heavy atom. The lowest BCUT2D eigenvalue weighted by atomic mass is 10.1. The third-order valence-electron chi connectivity index (χ3n) is 2.05. The predicted octanol–water partition coefficient (Wildman–Crippen LogP) is 3.86. The summed E-state index contributed by atoms with van der Waals surface area (Å²) in [6.07, 6.45) is 0. The van der Waals surface area contributed by atoms with Crippen LogP contribution in [-0.2, 0) is 4.74 Å². The van der Waals surface area contributed by atoms with E-state index in [9.17, 15) is 4.79 Å². The van der Waals surface area contributed by atoms with Crippen molar-refractivity contribution >= 4 is 17.1 Å². The van der Waals surface area contributed by atoms with Crippen LogP contribution in [0.3, 0.4) is 0 Å². The van der Waals surface area contributed by atoms with Crippen molar-refractivity contribution in [1.82, 2.24) is 0 Å². The van der Waals surface area contributed by atoms with Gasteiger partial charge in [-0.25, -0.2) is 4.79 Å². The number of carbonyl (C=O) groups excluding carboxylic acids is 1. The number of ether oxygens (including phenoxy) is 1. The van der Waals surface area contributed by atoms with Gasteiger partial charge in [0.05, 0.1) is 6.61 Å². The lowest BCUT2D eigenvalue weighted by molar-refractivity contribution is 0.181. The fraction of sp³-hybridized carbons (Fsp3) is 0.417. The SMILES string of the molecule is CCOC(=O)Sc1c(C)cc(C)cc1C. The average molecular weight is 224 g/mol. The Labute approximate surface area is 95.0 Å². The van der Waals surface area contributed by atoms with Crippen LogP contribution in [0.25, 0.3) is 0 Å². The van der Waals surface area contributed by atoms with Gasteiger partial charge in [-0.1, -0.05) is 17.7 Å². The van der Waals surface area contributed by atoms with E-state index in [1.54, 1.807) is 0 Å². The van der Waals surface area contributed by atoms with Crippen LogP contribution in [0.1, 0.15) is 23.6 Å². The van der Waals surface area contributed by atoms with Crippen LogP contribution in [-0.4, -0.2) is 11.9 Å². The molecule has 0 aliphatic carbocycles. The second kappa shape index (κ2) is 5.21. The van der Waals surface area contributed by atoms with Crippen LogP contribution in [0.4, 0.5) is 4.79 Å². The van der Waals surface area contributed by atoms with Crippen LogP contribution < -0.4 is 0 Å². The third kappa shape index (κ3) is 3.27. The first-order valence-corrected chi connectivity index (χ1v) is 5.78. The van der Waals surface area contributed by atoms with E-state index in [0.717, 1.165) is 16.0 Å². The number of aryl methyl sites for hydroxylation is 3. The van der Waals surface area contributed by atoms with Crippen LogP contribution in [0.15, 0.2) is 17.0 Å². The minimum atomic E-state index is -0.229. The molecule has 0 fully saturated rings. The molecule has 0 aromatic heterocycles. The smallest absolute Gasteiger partial charge is 0.372 e.